The van der Waals surface area contributed by atoms with E-state index in [1.54, 1.807) is 55.6 Å². The van der Waals surface area contributed by atoms with Gasteiger partial charge in [-0.25, -0.2) is 4.98 Å². The average molecular weight is 594 g/mol. The number of pyridine rings is 1. The maximum atomic E-state index is 13.3. The molecule has 9 nitrogen and oxygen atoms in total. The maximum Gasteiger partial charge on any atom is 0.247 e. The van der Waals surface area contributed by atoms with E-state index in [-0.39, 0.29) is 18.4 Å². The van der Waals surface area contributed by atoms with Gasteiger partial charge in [0.25, 0.3) is 0 Å². The van der Waals surface area contributed by atoms with Crippen LogP contribution in [0.3, 0.4) is 0 Å². The quantitative estimate of drug-likeness (QED) is 0.217. The third-order valence-electron chi connectivity index (χ3n) is 6.35. The predicted octanol–water partition coefficient (Wildman–Crippen LogP) is 6.03. The van der Waals surface area contributed by atoms with Gasteiger partial charge in [0.1, 0.15) is 18.4 Å². The Kier molecular flexibility index (Phi) is 15.3. The molecule has 0 saturated carbocycles. The first-order chi connectivity index (χ1) is 21.3. The molecule has 44 heavy (non-hydrogen) atoms. The summed E-state index contributed by atoms with van der Waals surface area (Å²) in [7, 11) is 3.41. The van der Waals surface area contributed by atoms with E-state index in [1.807, 2.05) is 88.4 Å². The van der Waals surface area contributed by atoms with E-state index in [2.05, 4.69) is 26.8 Å². The van der Waals surface area contributed by atoms with Gasteiger partial charge in [0.2, 0.25) is 11.8 Å². The van der Waals surface area contributed by atoms with Gasteiger partial charge in [-0.05, 0) is 55.7 Å². The van der Waals surface area contributed by atoms with Crippen molar-refractivity contribution < 1.29 is 9.59 Å². The highest BCUT2D eigenvalue weighted by Gasteiger charge is 2.20. The molecule has 9 heteroatoms. The minimum Gasteiger partial charge on any atom is -0.347 e. The third kappa shape index (κ3) is 11.3. The van der Waals surface area contributed by atoms with E-state index < -0.39 is 6.04 Å². The standard InChI is InChI=1S/C29H29N7O2.C4H8.C2H6/c1-35(2)27(37)20-36-19-25(18-33-36)24-12-13-26(32-17-24)34-29(38)28(23-6-4-3-5-7-23)31-15-14-21-8-10-22(16-30)11-9-21;1-3-4-2;1-2/h3-13,17-19,28,31H,14-15,20H2,1-2H3,(H,32,34,38);3-4H,1-2H3;1-2H3/b;4-3-;. The largest absolute Gasteiger partial charge is 0.347 e. The van der Waals surface area contributed by atoms with E-state index in [0.717, 1.165) is 22.3 Å². The molecule has 0 aliphatic heterocycles. The number of nitrogens with zero attached hydrogens (tertiary/aromatic N) is 5. The molecule has 1 atom stereocenters. The van der Waals surface area contributed by atoms with Crippen molar-refractivity contribution in [3.63, 3.8) is 0 Å². The number of likely N-dealkylation sites (N-methyl/N-ethyl adjacent to an activating group) is 1. The van der Waals surface area contributed by atoms with Crippen LogP contribution in [0.15, 0.2) is 97.5 Å². The highest BCUT2D eigenvalue weighted by Crippen LogP contribution is 2.20. The lowest BCUT2D eigenvalue weighted by Crippen LogP contribution is -2.34. The molecule has 0 aliphatic rings. The molecule has 4 rings (SSSR count). The van der Waals surface area contributed by atoms with Crippen LogP contribution >= 0.6 is 0 Å². The van der Waals surface area contributed by atoms with Gasteiger partial charge in [-0.3, -0.25) is 14.3 Å². The van der Waals surface area contributed by atoms with Crippen LogP contribution in [0, 0.1) is 11.3 Å². The molecule has 0 bridgehead atoms. The summed E-state index contributed by atoms with van der Waals surface area (Å²) in [6, 6.07) is 22.1. The fourth-order valence-corrected chi connectivity index (χ4v) is 3.83. The van der Waals surface area contributed by atoms with E-state index in [4.69, 9.17) is 5.26 Å². The summed E-state index contributed by atoms with van der Waals surface area (Å²) in [6.07, 6.45) is 9.85. The molecule has 4 aromatic rings. The zero-order valence-electron chi connectivity index (χ0n) is 26.5. The van der Waals surface area contributed by atoms with Gasteiger partial charge >= 0.3 is 0 Å². The molecule has 0 fully saturated rings. The topological polar surface area (TPSA) is 116 Å². The smallest absolute Gasteiger partial charge is 0.247 e. The Morgan fingerprint density at radius 2 is 1.64 bits per heavy atom. The Balaban J connectivity index is 0.00000104. The molecule has 2 aromatic carbocycles. The lowest BCUT2D eigenvalue weighted by Gasteiger charge is -2.19. The number of aromatic nitrogens is 3. The van der Waals surface area contributed by atoms with Gasteiger partial charge in [-0.2, -0.15) is 10.4 Å². The summed E-state index contributed by atoms with van der Waals surface area (Å²) < 4.78 is 1.58. The van der Waals surface area contributed by atoms with Crippen LogP contribution in [-0.4, -0.2) is 52.1 Å². The molecule has 2 heterocycles. The summed E-state index contributed by atoms with van der Waals surface area (Å²) >= 11 is 0. The van der Waals surface area contributed by atoms with Crippen LogP contribution < -0.4 is 10.6 Å². The van der Waals surface area contributed by atoms with Gasteiger partial charge in [0.05, 0.1) is 17.8 Å². The number of amides is 2. The van der Waals surface area contributed by atoms with Crippen LogP contribution in [0.2, 0.25) is 0 Å². The molecular weight excluding hydrogens is 550 g/mol. The normalized spacial score (nSPS) is 10.8. The Morgan fingerprint density at radius 3 is 2.20 bits per heavy atom. The number of rotatable bonds is 10. The Labute approximate surface area is 261 Å². The highest BCUT2D eigenvalue weighted by atomic mass is 16.2. The van der Waals surface area contributed by atoms with Gasteiger partial charge < -0.3 is 15.5 Å². The van der Waals surface area contributed by atoms with Crippen LogP contribution in [-0.2, 0) is 22.6 Å². The van der Waals surface area contributed by atoms with Gasteiger partial charge in [-0.15, -0.1) is 0 Å². The summed E-state index contributed by atoms with van der Waals surface area (Å²) in [4.78, 5) is 31.1. The summed E-state index contributed by atoms with van der Waals surface area (Å²) in [5, 5.41) is 19.5. The zero-order chi connectivity index (χ0) is 32.3. The van der Waals surface area contributed by atoms with Crippen molar-refractivity contribution in [2.75, 3.05) is 26.0 Å². The second kappa shape index (κ2) is 19.2. The van der Waals surface area contributed by atoms with E-state index >= 15 is 0 Å². The van der Waals surface area contributed by atoms with Crippen molar-refractivity contribution in [3.05, 3.63) is 114 Å². The number of carbonyl (C=O) groups excluding carboxylic acids is 2. The lowest BCUT2D eigenvalue weighted by atomic mass is 10.0. The fraction of sp³-hybridized carbons (Fsp3) is 0.286. The fourth-order valence-electron chi connectivity index (χ4n) is 3.83. The number of hydrogen-bond acceptors (Lipinski definition) is 6. The molecule has 1 unspecified atom stereocenters. The van der Waals surface area contributed by atoms with Gasteiger partial charge in [0, 0.05) is 44.2 Å². The van der Waals surface area contributed by atoms with Gasteiger partial charge in [0.15, 0.2) is 0 Å². The molecule has 2 amide bonds. The molecule has 0 radical (unpaired) electrons. The Hall–Kier alpha value is -5.07. The number of benzene rings is 2. The number of carbonyl (C=O) groups is 2. The van der Waals surface area contributed by atoms with Gasteiger partial charge in [-0.1, -0.05) is 68.5 Å². The molecular formula is C35H43N7O2. The molecule has 0 aliphatic carbocycles. The van der Waals surface area contributed by atoms with E-state index in [9.17, 15) is 9.59 Å². The Morgan fingerprint density at radius 1 is 0.955 bits per heavy atom. The van der Waals surface area contributed by atoms with Crippen LogP contribution in [0.1, 0.15) is 50.4 Å². The van der Waals surface area contributed by atoms with Crippen LogP contribution in [0.25, 0.3) is 11.1 Å². The SMILES string of the molecule is C/C=C\C.CC.CN(C)C(=O)Cn1cc(-c2ccc(NC(=O)C(NCCc3ccc(C#N)cc3)c3ccccc3)nc2)cn1. The number of nitriles is 1. The molecule has 230 valence electrons. The van der Waals surface area contributed by atoms with Crippen LogP contribution in [0.4, 0.5) is 5.82 Å². The van der Waals surface area contributed by atoms with E-state index in [0.29, 0.717) is 24.3 Å². The molecule has 0 saturated heterocycles. The molecule has 2 N–H and O–H groups in total. The number of allylic oxidation sites excluding steroid dienone is 2. The first-order valence-corrected chi connectivity index (χ1v) is 14.7. The average Bonchev–Trinajstić information content (AvgIpc) is 3.53. The summed E-state index contributed by atoms with van der Waals surface area (Å²) in [5.74, 6) is 0.171. The van der Waals surface area contributed by atoms with Crippen molar-refractivity contribution in [2.45, 2.75) is 46.7 Å². The van der Waals surface area contributed by atoms with Crippen molar-refractivity contribution in [1.29, 1.82) is 5.26 Å². The number of nitrogens with one attached hydrogen (secondary N) is 2. The third-order valence-corrected chi connectivity index (χ3v) is 6.35. The van der Waals surface area contributed by atoms with Crippen molar-refractivity contribution in [1.82, 2.24) is 25.0 Å². The second-order valence-corrected chi connectivity index (χ2v) is 9.66. The van der Waals surface area contributed by atoms with E-state index in [1.165, 1.54) is 4.90 Å². The first-order valence-electron chi connectivity index (χ1n) is 14.7. The molecule has 2 aromatic heterocycles. The first kappa shape index (κ1) is 35.1. The maximum absolute atomic E-state index is 13.3. The minimum atomic E-state index is -0.566. The minimum absolute atomic E-state index is 0.0469. The lowest BCUT2D eigenvalue weighted by molar-refractivity contribution is -0.129. The molecule has 0 spiro atoms. The summed E-state index contributed by atoms with van der Waals surface area (Å²) in [5.41, 5.74) is 4.20. The number of hydrogen-bond donors (Lipinski definition) is 2. The van der Waals surface area contributed by atoms with Crippen molar-refractivity contribution in [3.8, 4) is 17.2 Å². The van der Waals surface area contributed by atoms with Crippen molar-refractivity contribution in [2.24, 2.45) is 0 Å². The van der Waals surface area contributed by atoms with Crippen LogP contribution in [0.5, 0.6) is 0 Å². The monoisotopic (exact) mass is 593 g/mol. The Bertz CT molecular complexity index is 1480. The van der Waals surface area contributed by atoms with Crippen molar-refractivity contribution >= 4 is 17.6 Å². The highest BCUT2D eigenvalue weighted by molar-refractivity contribution is 5.95. The summed E-state index contributed by atoms with van der Waals surface area (Å²) in [6.45, 7) is 8.74. The second-order valence-electron chi connectivity index (χ2n) is 9.66. The predicted molar refractivity (Wildman–Crippen MR) is 177 cm³/mol. The number of anilines is 1. The zero-order valence-corrected chi connectivity index (χ0v) is 26.5.